The van der Waals surface area contributed by atoms with Crippen molar-refractivity contribution in [3.63, 3.8) is 0 Å². The van der Waals surface area contributed by atoms with Gasteiger partial charge >= 0.3 is 0 Å². The molecule has 1 fully saturated rings. The molecule has 0 aromatic heterocycles. The van der Waals surface area contributed by atoms with Crippen LogP contribution in [0, 0.1) is 11.8 Å². The zero-order valence-corrected chi connectivity index (χ0v) is 14.2. The average Bonchev–Trinajstić information content (AvgIpc) is 3.25. The number of nitrogens with two attached hydrogens (primary N) is 1. The number of ether oxygens (including phenoxy) is 3. The Morgan fingerprint density at radius 3 is 2.96 bits per heavy atom. The van der Waals surface area contributed by atoms with Gasteiger partial charge in [-0.05, 0) is 43.0 Å². The summed E-state index contributed by atoms with van der Waals surface area (Å²) < 4.78 is 16.0. The van der Waals surface area contributed by atoms with E-state index in [0.29, 0.717) is 32.2 Å². The number of amides is 1. The number of carbonyl (C=O) groups is 1. The van der Waals surface area contributed by atoms with Gasteiger partial charge in [-0.2, -0.15) is 0 Å². The quantitative estimate of drug-likeness (QED) is 0.822. The molecular formula is C18H26N2O4. The monoisotopic (exact) mass is 334 g/mol. The molecule has 1 heterocycles. The van der Waals surface area contributed by atoms with E-state index in [1.54, 1.807) is 7.11 Å². The zero-order chi connectivity index (χ0) is 16.9. The maximum absolute atomic E-state index is 13.0. The lowest BCUT2D eigenvalue weighted by atomic mass is 9.94. The first-order valence-electron chi connectivity index (χ1n) is 8.59. The summed E-state index contributed by atoms with van der Waals surface area (Å²) in [5.74, 6) is 2.04. The summed E-state index contributed by atoms with van der Waals surface area (Å²) in [4.78, 5) is 14.9. The minimum atomic E-state index is 0.0425. The average molecular weight is 334 g/mol. The van der Waals surface area contributed by atoms with Crippen molar-refractivity contribution in [3.8, 4) is 11.5 Å². The second kappa shape index (κ2) is 7.85. The van der Waals surface area contributed by atoms with Gasteiger partial charge in [0.2, 0.25) is 12.7 Å². The van der Waals surface area contributed by atoms with E-state index in [4.69, 9.17) is 19.9 Å². The maximum atomic E-state index is 13.0. The largest absolute Gasteiger partial charge is 0.454 e. The predicted molar refractivity (Wildman–Crippen MR) is 89.7 cm³/mol. The number of rotatable bonds is 7. The molecule has 6 heteroatoms. The highest BCUT2D eigenvalue weighted by Crippen LogP contribution is 2.34. The molecule has 1 saturated carbocycles. The third kappa shape index (κ3) is 3.65. The second-order valence-electron chi connectivity index (χ2n) is 6.47. The second-order valence-corrected chi connectivity index (χ2v) is 6.47. The van der Waals surface area contributed by atoms with Gasteiger partial charge in [-0.15, -0.1) is 0 Å². The Kier molecular flexibility index (Phi) is 5.58. The van der Waals surface area contributed by atoms with Crippen molar-refractivity contribution < 1.29 is 19.0 Å². The van der Waals surface area contributed by atoms with Crippen LogP contribution in [0.3, 0.4) is 0 Å². The summed E-state index contributed by atoms with van der Waals surface area (Å²) >= 11 is 0. The zero-order valence-electron chi connectivity index (χ0n) is 14.2. The molecule has 1 amide bonds. The van der Waals surface area contributed by atoms with Crippen molar-refractivity contribution in [2.24, 2.45) is 17.6 Å². The summed E-state index contributed by atoms with van der Waals surface area (Å²) in [6.07, 6.45) is 3.07. The number of fused-ring (bicyclic) bond motifs is 1. The minimum Gasteiger partial charge on any atom is -0.454 e. The minimum absolute atomic E-state index is 0.0425. The van der Waals surface area contributed by atoms with E-state index in [1.165, 1.54) is 0 Å². The van der Waals surface area contributed by atoms with E-state index in [-0.39, 0.29) is 18.6 Å². The third-order valence-corrected chi connectivity index (χ3v) is 4.97. The van der Waals surface area contributed by atoms with Crippen LogP contribution < -0.4 is 15.2 Å². The van der Waals surface area contributed by atoms with Crippen LogP contribution >= 0.6 is 0 Å². The van der Waals surface area contributed by atoms with Crippen molar-refractivity contribution in [2.75, 3.05) is 33.6 Å². The Bertz CT molecular complexity index is 578. The van der Waals surface area contributed by atoms with Gasteiger partial charge in [0.1, 0.15) is 0 Å². The third-order valence-electron chi connectivity index (χ3n) is 4.97. The van der Waals surface area contributed by atoms with E-state index >= 15 is 0 Å². The van der Waals surface area contributed by atoms with Crippen LogP contribution in [0.15, 0.2) is 18.2 Å². The molecular weight excluding hydrogens is 308 g/mol. The van der Waals surface area contributed by atoms with Crippen molar-refractivity contribution in [3.05, 3.63) is 23.8 Å². The van der Waals surface area contributed by atoms with Gasteiger partial charge in [-0.1, -0.05) is 12.5 Å². The molecule has 0 radical (unpaired) electrons. The fraction of sp³-hybridized carbons (Fsp3) is 0.611. The van der Waals surface area contributed by atoms with Crippen molar-refractivity contribution in [1.29, 1.82) is 0 Å². The summed E-state index contributed by atoms with van der Waals surface area (Å²) in [5, 5.41) is 0. The molecule has 0 bridgehead atoms. The Morgan fingerprint density at radius 1 is 1.33 bits per heavy atom. The lowest BCUT2D eigenvalue weighted by Crippen LogP contribution is -2.40. The van der Waals surface area contributed by atoms with Crippen molar-refractivity contribution >= 4 is 5.91 Å². The highest BCUT2D eigenvalue weighted by molar-refractivity contribution is 5.79. The standard InChI is InChI=1S/C18H26N2O4/c1-22-8-7-20(18(21)15-4-2-3-14(15)10-19)11-13-5-6-16-17(9-13)24-12-23-16/h5-6,9,14-15H,2-4,7-8,10-12,19H2,1H3/t14-,15-/m1/s1. The van der Waals surface area contributed by atoms with Gasteiger partial charge in [0.05, 0.1) is 6.61 Å². The molecule has 1 aromatic carbocycles. The number of nitrogens with zero attached hydrogens (tertiary/aromatic N) is 1. The Balaban J connectivity index is 1.72. The molecule has 24 heavy (non-hydrogen) atoms. The van der Waals surface area contributed by atoms with Crippen LogP contribution in [-0.4, -0.2) is 44.4 Å². The fourth-order valence-corrected chi connectivity index (χ4v) is 3.61. The molecule has 132 valence electrons. The van der Waals surface area contributed by atoms with Crippen LogP contribution in [0.25, 0.3) is 0 Å². The van der Waals surface area contributed by atoms with E-state index < -0.39 is 0 Å². The number of benzene rings is 1. The van der Waals surface area contributed by atoms with E-state index in [9.17, 15) is 4.79 Å². The van der Waals surface area contributed by atoms with Gasteiger partial charge in [-0.3, -0.25) is 4.79 Å². The molecule has 1 aliphatic carbocycles. The van der Waals surface area contributed by atoms with Gasteiger partial charge in [-0.25, -0.2) is 0 Å². The fourth-order valence-electron chi connectivity index (χ4n) is 3.61. The molecule has 3 rings (SSSR count). The molecule has 2 aliphatic rings. The first-order valence-corrected chi connectivity index (χ1v) is 8.59. The highest BCUT2D eigenvalue weighted by atomic mass is 16.7. The SMILES string of the molecule is COCCN(Cc1ccc2c(c1)OCO2)C(=O)[C@@H]1CCC[C@@H]1CN. The predicted octanol–water partition coefficient (Wildman–Crippen LogP) is 1.77. The Hall–Kier alpha value is -1.79. The summed E-state index contributed by atoms with van der Waals surface area (Å²) in [7, 11) is 1.65. The van der Waals surface area contributed by atoms with Gasteiger partial charge in [0, 0.05) is 26.1 Å². The van der Waals surface area contributed by atoms with E-state index in [1.807, 2.05) is 23.1 Å². The normalized spacial score (nSPS) is 21.9. The number of hydrogen-bond acceptors (Lipinski definition) is 5. The first-order chi connectivity index (χ1) is 11.7. The van der Waals surface area contributed by atoms with Crippen LogP contribution in [-0.2, 0) is 16.1 Å². The number of methoxy groups -OCH3 is 1. The summed E-state index contributed by atoms with van der Waals surface area (Å²) in [6, 6.07) is 5.83. The highest BCUT2D eigenvalue weighted by Gasteiger charge is 2.34. The number of hydrogen-bond donors (Lipinski definition) is 1. The molecule has 0 spiro atoms. The number of carbonyl (C=O) groups excluding carboxylic acids is 1. The van der Waals surface area contributed by atoms with Gasteiger partial charge in [0.25, 0.3) is 0 Å². The molecule has 1 aliphatic heterocycles. The van der Waals surface area contributed by atoms with E-state index in [0.717, 1.165) is 36.3 Å². The van der Waals surface area contributed by atoms with Gasteiger partial charge in [0.15, 0.2) is 11.5 Å². The lowest BCUT2D eigenvalue weighted by molar-refractivity contribution is -0.137. The van der Waals surface area contributed by atoms with Crippen LogP contribution in [0.2, 0.25) is 0 Å². The van der Waals surface area contributed by atoms with Crippen molar-refractivity contribution in [2.45, 2.75) is 25.8 Å². The first kappa shape index (κ1) is 17.0. The molecule has 2 atom stereocenters. The molecule has 0 unspecified atom stereocenters. The van der Waals surface area contributed by atoms with Crippen molar-refractivity contribution in [1.82, 2.24) is 4.90 Å². The topological polar surface area (TPSA) is 74.0 Å². The Labute approximate surface area is 142 Å². The van der Waals surface area contributed by atoms with Gasteiger partial charge < -0.3 is 24.8 Å². The van der Waals surface area contributed by atoms with Crippen LogP contribution in [0.1, 0.15) is 24.8 Å². The molecule has 1 aromatic rings. The van der Waals surface area contributed by atoms with E-state index in [2.05, 4.69) is 0 Å². The van der Waals surface area contributed by atoms with Crippen LogP contribution in [0.5, 0.6) is 11.5 Å². The molecule has 6 nitrogen and oxygen atoms in total. The summed E-state index contributed by atoms with van der Waals surface area (Å²) in [6.45, 7) is 2.49. The van der Waals surface area contributed by atoms with Crippen LogP contribution in [0.4, 0.5) is 0 Å². The Morgan fingerprint density at radius 2 is 2.17 bits per heavy atom. The summed E-state index contributed by atoms with van der Waals surface area (Å²) in [5.41, 5.74) is 6.88. The molecule has 0 saturated heterocycles. The smallest absolute Gasteiger partial charge is 0.231 e. The maximum Gasteiger partial charge on any atom is 0.231 e. The molecule has 2 N–H and O–H groups in total. The lowest BCUT2D eigenvalue weighted by Gasteiger charge is -2.28.